The molecule has 0 saturated heterocycles. The molecule has 0 aliphatic heterocycles. The lowest BCUT2D eigenvalue weighted by molar-refractivity contribution is -0.384. The standard InChI is InChI=1S/C14H26N4O2/c1-5-7-8-10-11(3)15-14-13(18(19)20)12(9-6-2)16-17(14)4/h11,15H,5-10H2,1-4H3. The molecule has 0 aliphatic rings. The first kappa shape index (κ1) is 16.5. The molecule has 6 heteroatoms. The number of aryl methyl sites for hydroxylation is 2. The third-order valence-electron chi connectivity index (χ3n) is 3.39. The van der Waals surface area contributed by atoms with Gasteiger partial charge >= 0.3 is 5.69 Å². The van der Waals surface area contributed by atoms with Crippen molar-refractivity contribution in [2.45, 2.75) is 65.3 Å². The summed E-state index contributed by atoms with van der Waals surface area (Å²) < 4.78 is 1.60. The van der Waals surface area contributed by atoms with E-state index in [1.807, 2.05) is 6.92 Å². The molecule has 0 amide bonds. The van der Waals surface area contributed by atoms with Gasteiger partial charge in [0.1, 0.15) is 5.69 Å². The van der Waals surface area contributed by atoms with Crippen LogP contribution in [0.4, 0.5) is 11.5 Å². The maximum absolute atomic E-state index is 11.3. The van der Waals surface area contributed by atoms with E-state index in [-0.39, 0.29) is 16.7 Å². The van der Waals surface area contributed by atoms with Crippen LogP contribution in [0.3, 0.4) is 0 Å². The van der Waals surface area contributed by atoms with Gasteiger partial charge in [0.05, 0.1) is 4.92 Å². The molecule has 0 saturated carbocycles. The first-order valence-electron chi connectivity index (χ1n) is 7.48. The molecule has 20 heavy (non-hydrogen) atoms. The summed E-state index contributed by atoms with van der Waals surface area (Å²) in [6.07, 6.45) is 6.01. The summed E-state index contributed by atoms with van der Waals surface area (Å²) in [6.45, 7) is 6.23. The summed E-state index contributed by atoms with van der Waals surface area (Å²) in [4.78, 5) is 11.0. The Hall–Kier alpha value is -1.59. The average molecular weight is 282 g/mol. The number of aromatic nitrogens is 2. The Kier molecular flexibility index (Phi) is 6.48. The van der Waals surface area contributed by atoms with Crippen LogP contribution in [-0.4, -0.2) is 20.7 Å². The predicted molar refractivity (Wildman–Crippen MR) is 81.1 cm³/mol. The third kappa shape index (κ3) is 4.21. The summed E-state index contributed by atoms with van der Waals surface area (Å²) in [5.41, 5.74) is 0.708. The van der Waals surface area contributed by atoms with Crippen molar-refractivity contribution in [2.24, 2.45) is 7.05 Å². The van der Waals surface area contributed by atoms with E-state index in [4.69, 9.17) is 0 Å². The van der Waals surface area contributed by atoms with Crippen molar-refractivity contribution in [3.05, 3.63) is 15.8 Å². The Morgan fingerprint density at radius 2 is 2.05 bits per heavy atom. The number of nitrogens with one attached hydrogen (secondary N) is 1. The van der Waals surface area contributed by atoms with E-state index in [2.05, 4.69) is 24.3 Å². The molecule has 0 bridgehead atoms. The summed E-state index contributed by atoms with van der Waals surface area (Å²) in [6, 6.07) is 0.213. The monoisotopic (exact) mass is 282 g/mol. The van der Waals surface area contributed by atoms with Gasteiger partial charge in [-0.2, -0.15) is 5.10 Å². The number of rotatable bonds is 9. The summed E-state index contributed by atoms with van der Waals surface area (Å²) in [5.74, 6) is 0.530. The molecular formula is C14H26N4O2. The van der Waals surface area contributed by atoms with E-state index in [0.29, 0.717) is 17.9 Å². The second-order valence-electron chi connectivity index (χ2n) is 5.32. The van der Waals surface area contributed by atoms with E-state index < -0.39 is 0 Å². The first-order valence-corrected chi connectivity index (χ1v) is 7.48. The molecule has 1 unspecified atom stereocenters. The van der Waals surface area contributed by atoms with Crippen molar-refractivity contribution < 1.29 is 4.92 Å². The first-order chi connectivity index (χ1) is 9.51. The molecule has 6 nitrogen and oxygen atoms in total. The summed E-state index contributed by atoms with van der Waals surface area (Å²) >= 11 is 0. The molecule has 1 aromatic heterocycles. The van der Waals surface area contributed by atoms with Gasteiger partial charge < -0.3 is 5.32 Å². The lowest BCUT2D eigenvalue weighted by Crippen LogP contribution is -2.18. The maximum atomic E-state index is 11.3. The zero-order valence-electron chi connectivity index (χ0n) is 13.0. The molecule has 0 fully saturated rings. The molecule has 1 atom stereocenters. The Morgan fingerprint density at radius 1 is 1.35 bits per heavy atom. The van der Waals surface area contributed by atoms with Crippen LogP contribution in [0.1, 0.15) is 58.6 Å². The van der Waals surface area contributed by atoms with Crippen LogP contribution >= 0.6 is 0 Å². The minimum atomic E-state index is -0.320. The topological polar surface area (TPSA) is 73.0 Å². The zero-order chi connectivity index (χ0) is 15.1. The van der Waals surface area contributed by atoms with Crippen LogP contribution in [0, 0.1) is 10.1 Å². The normalized spacial score (nSPS) is 12.4. The maximum Gasteiger partial charge on any atom is 0.333 e. The molecule has 0 aromatic carbocycles. The number of anilines is 1. The van der Waals surface area contributed by atoms with Crippen LogP contribution in [0.2, 0.25) is 0 Å². The van der Waals surface area contributed by atoms with Gasteiger partial charge in [-0.25, -0.2) is 4.68 Å². The molecule has 1 N–H and O–H groups in total. The van der Waals surface area contributed by atoms with E-state index in [1.54, 1.807) is 11.7 Å². The molecule has 0 spiro atoms. The van der Waals surface area contributed by atoms with Crippen molar-refractivity contribution in [2.75, 3.05) is 5.32 Å². The third-order valence-corrected chi connectivity index (χ3v) is 3.39. The fraction of sp³-hybridized carbons (Fsp3) is 0.786. The van der Waals surface area contributed by atoms with Gasteiger partial charge in [-0.05, 0) is 19.8 Å². The zero-order valence-corrected chi connectivity index (χ0v) is 13.0. The van der Waals surface area contributed by atoms with E-state index in [0.717, 1.165) is 19.3 Å². The van der Waals surface area contributed by atoms with E-state index in [1.165, 1.54) is 12.8 Å². The second kappa shape index (κ2) is 7.87. The largest absolute Gasteiger partial charge is 0.362 e. The van der Waals surface area contributed by atoms with Gasteiger partial charge in [-0.15, -0.1) is 0 Å². The lowest BCUT2D eigenvalue weighted by atomic mass is 10.1. The molecule has 114 valence electrons. The van der Waals surface area contributed by atoms with Crippen molar-refractivity contribution in [3.63, 3.8) is 0 Å². The van der Waals surface area contributed by atoms with Crippen LogP contribution in [0.15, 0.2) is 0 Å². The highest BCUT2D eigenvalue weighted by Crippen LogP contribution is 2.29. The van der Waals surface area contributed by atoms with Crippen molar-refractivity contribution in [3.8, 4) is 0 Å². The van der Waals surface area contributed by atoms with Crippen LogP contribution in [0.5, 0.6) is 0 Å². The van der Waals surface area contributed by atoms with E-state index in [9.17, 15) is 10.1 Å². The number of hydrogen-bond acceptors (Lipinski definition) is 4. The number of unbranched alkanes of at least 4 members (excludes halogenated alkanes) is 2. The van der Waals surface area contributed by atoms with Crippen molar-refractivity contribution >= 4 is 11.5 Å². The number of nitro groups is 1. The molecule has 0 aliphatic carbocycles. The summed E-state index contributed by atoms with van der Waals surface area (Å²) in [7, 11) is 1.76. The minimum absolute atomic E-state index is 0.136. The molecule has 0 radical (unpaired) electrons. The molecule has 1 aromatic rings. The molecule has 1 rings (SSSR count). The average Bonchev–Trinajstić information content (AvgIpc) is 2.67. The number of nitrogens with zero attached hydrogens (tertiary/aromatic N) is 3. The Bertz CT molecular complexity index is 443. The second-order valence-corrected chi connectivity index (χ2v) is 5.32. The van der Waals surface area contributed by atoms with Gasteiger partial charge in [0, 0.05) is 13.1 Å². The van der Waals surface area contributed by atoms with Crippen LogP contribution < -0.4 is 5.32 Å². The highest BCUT2D eigenvalue weighted by atomic mass is 16.6. The Labute approximate surface area is 120 Å². The highest BCUT2D eigenvalue weighted by molar-refractivity contribution is 5.60. The SMILES string of the molecule is CCCCCC(C)Nc1c([N+](=O)[O-])c(CCC)nn1C. The Morgan fingerprint density at radius 3 is 2.60 bits per heavy atom. The van der Waals surface area contributed by atoms with Gasteiger partial charge in [0.2, 0.25) is 5.82 Å². The fourth-order valence-electron chi connectivity index (χ4n) is 2.33. The highest BCUT2D eigenvalue weighted by Gasteiger charge is 2.26. The number of hydrogen-bond donors (Lipinski definition) is 1. The van der Waals surface area contributed by atoms with Gasteiger partial charge in [0.15, 0.2) is 0 Å². The van der Waals surface area contributed by atoms with Crippen molar-refractivity contribution in [1.29, 1.82) is 0 Å². The van der Waals surface area contributed by atoms with Gasteiger partial charge in [-0.3, -0.25) is 10.1 Å². The predicted octanol–water partition coefficient (Wildman–Crippen LogP) is 3.66. The van der Waals surface area contributed by atoms with Crippen molar-refractivity contribution in [1.82, 2.24) is 9.78 Å². The van der Waals surface area contributed by atoms with E-state index >= 15 is 0 Å². The molecular weight excluding hydrogens is 256 g/mol. The summed E-state index contributed by atoms with van der Waals surface area (Å²) in [5, 5.41) is 18.8. The smallest absolute Gasteiger partial charge is 0.333 e. The minimum Gasteiger partial charge on any atom is -0.362 e. The fourth-order valence-corrected chi connectivity index (χ4v) is 2.33. The molecule has 1 heterocycles. The van der Waals surface area contributed by atoms with Gasteiger partial charge in [0.25, 0.3) is 0 Å². The Balaban J connectivity index is 2.85. The van der Waals surface area contributed by atoms with Gasteiger partial charge in [-0.1, -0.05) is 39.5 Å². The lowest BCUT2D eigenvalue weighted by Gasteiger charge is -2.14. The van der Waals surface area contributed by atoms with Crippen LogP contribution in [-0.2, 0) is 13.5 Å². The van der Waals surface area contributed by atoms with Crippen LogP contribution in [0.25, 0.3) is 0 Å². The quantitative estimate of drug-likeness (QED) is 0.426.